The molecule has 1 amide bonds. The molecule has 1 aromatic carbocycles. The lowest BCUT2D eigenvalue weighted by atomic mass is 10.1. The highest BCUT2D eigenvalue weighted by Crippen LogP contribution is 2.39. The van der Waals surface area contributed by atoms with Crippen LogP contribution in [0, 0.1) is 0 Å². The quantitative estimate of drug-likeness (QED) is 0.575. The minimum atomic E-state index is -4.55. The molecule has 35 heavy (non-hydrogen) atoms. The number of imidazole rings is 1. The molecule has 2 aromatic heterocycles. The van der Waals surface area contributed by atoms with Crippen LogP contribution in [0.4, 0.5) is 18.9 Å². The third-order valence-electron chi connectivity index (χ3n) is 6.48. The first-order chi connectivity index (χ1) is 16.6. The summed E-state index contributed by atoms with van der Waals surface area (Å²) in [5.41, 5.74) is 1.78. The van der Waals surface area contributed by atoms with Gasteiger partial charge in [-0.05, 0) is 50.7 Å². The van der Waals surface area contributed by atoms with Crippen LogP contribution in [0.2, 0.25) is 5.02 Å². The van der Waals surface area contributed by atoms with Crippen molar-refractivity contribution in [3.05, 3.63) is 46.7 Å². The van der Waals surface area contributed by atoms with Crippen LogP contribution in [-0.2, 0) is 17.5 Å². The SMILES string of the molecule is CC1Oc2ccc(-c3nc4c(Cl)cc(C(F)(F)F)cn4c3CN3CCCNCC3)cc2N(C)C1=O. The Balaban J connectivity index is 1.67. The zero-order valence-electron chi connectivity index (χ0n) is 19.3. The fraction of sp³-hybridized carbons (Fsp3) is 0.417. The normalized spacial score (nSPS) is 19.5. The number of hydrogen-bond acceptors (Lipinski definition) is 5. The second kappa shape index (κ2) is 9.00. The fourth-order valence-electron chi connectivity index (χ4n) is 4.62. The Bertz CT molecular complexity index is 1280. The Hall–Kier alpha value is -2.82. The van der Waals surface area contributed by atoms with Gasteiger partial charge in [0.2, 0.25) is 0 Å². The molecule has 186 valence electrons. The predicted octanol–water partition coefficient (Wildman–Crippen LogP) is 4.21. The Morgan fingerprint density at radius 2 is 2.03 bits per heavy atom. The smallest absolute Gasteiger partial charge is 0.417 e. The molecule has 1 saturated heterocycles. The predicted molar refractivity (Wildman–Crippen MR) is 127 cm³/mol. The molecule has 1 atom stereocenters. The second-order valence-corrected chi connectivity index (χ2v) is 9.30. The Labute approximate surface area is 205 Å². The number of halogens is 4. The molecule has 5 rings (SSSR count). The molecule has 11 heteroatoms. The highest BCUT2D eigenvalue weighted by molar-refractivity contribution is 6.33. The number of nitrogens with one attached hydrogen (secondary N) is 1. The molecule has 0 radical (unpaired) electrons. The van der Waals surface area contributed by atoms with Gasteiger partial charge in [-0.1, -0.05) is 11.6 Å². The number of rotatable bonds is 3. The number of aromatic nitrogens is 2. The number of hydrogen-bond donors (Lipinski definition) is 1. The first kappa shape index (κ1) is 23.9. The van der Waals surface area contributed by atoms with Gasteiger partial charge in [-0.15, -0.1) is 0 Å². The van der Waals surface area contributed by atoms with Gasteiger partial charge in [-0.25, -0.2) is 4.98 Å². The van der Waals surface area contributed by atoms with Crippen LogP contribution in [0.1, 0.15) is 24.6 Å². The van der Waals surface area contributed by atoms with E-state index in [2.05, 4.69) is 15.2 Å². The van der Waals surface area contributed by atoms with E-state index in [1.165, 1.54) is 9.30 Å². The molecular formula is C24H25ClF3N5O2. The maximum Gasteiger partial charge on any atom is 0.417 e. The average Bonchev–Trinajstić information content (AvgIpc) is 2.98. The van der Waals surface area contributed by atoms with E-state index in [1.807, 2.05) is 6.07 Å². The molecule has 4 heterocycles. The van der Waals surface area contributed by atoms with Crippen LogP contribution in [0.5, 0.6) is 5.75 Å². The summed E-state index contributed by atoms with van der Waals surface area (Å²) in [6.07, 6.45) is -3.15. The van der Waals surface area contributed by atoms with Gasteiger partial charge in [0.05, 0.1) is 27.7 Å². The molecule has 0 bridgehead atoms. The number of anilines is 1. The van der Waals surface area contributed by atoms with Crippen LogP contribution in [0.3, 0.4) is 0 Å². The molecule has 7 nitrogen and oxygen atoms in total. The lowest BCUT2D eigenvalue weighted by molar-refractivity contribution is -0.137. The Morgan fingerprint density at radius 1 is 1.23 bits per heavy atom. The first-order valence-electron chi connectivity index (χ1n) is 11.4. The van der Waals surface area contributed by atoms with Gasteiger partial charge in [0.15, 0.2) is 11.8 Å². The summed E-state index contributed by atoms with van der Waals surface area (Å²) in [5.74, 6) is 0.379. The van der Waals surface area contributed by atoms with Crippen molar-refractivity contribution in [2.45, 2.75) is 32.2 Å². The lowest BCUT2D eigenvalue weighted by Crippen LogP contribution is -2.41. The summed E-state index contributed by atoms with van der Waals surface area (Å²) >= 11 is 6.30. The fourth-order valence-corrected chi connectivity index (χ4v) is 4.87. The number of ether oxygens (including phenoxy) is 1. The van der Waals surface area contributed by atoms with Crippen LogP contribution in [-0.4, -0.2) is 59.5 Å². The topological polar surface area (TPSA) is 62.1 Å². The van der Waals surface area contributed by atoms with Crippen LogP contribution >= 0.6 is 11.6 Å². The number of likely N-dealkylation sites (N-methyl/N-ethyl adjacent to an activating group) is 1. The van der Waals surface area contributed by atoms with Gasteiger partial charge >= 0.3 is 6.18 Å². The summed E-state index contributed by atoms with van der Waals surface area (Å²) in [7, 11) is 1.67. The van der Waals surface area contributed by atoms with Gasteiger partial charge in [0, 0.05) is 38.4 Å². The lowest BCUT2D eigenvalue weighted by Gasteiger charge is -2.30. The highest BCUT2D eigenvalue weighted by Gasteiger charge is 2.33. The second-order valence-electron chi connectivity index (χ2n) is 8.89. The number of alkyl halides is 3. The maximum atomic E-state index is 13.6. The van der Waals surface area contributed by atoms with Crippen molar-refractivity contribution >= 4 is 28.8 Å². The minimum absolute atomic E-state index is 0.0766. The zero-order chi connectivity index (χ0) is 24.9. The van der Waals surface area contributed by atoms with E-state index in [0.717, 1.165) is 44.9 Å². The summed E-state index contributed by atoms with van der Waals surface area (Å²) in [6.45, 7) is 5.33. The van der Waals surface area contributed by atoms with E-state index in [0.29, 0.717) is 34.9 Å². The van der Waals surface area contributed by atoms with Gasteiger partial charge in [0.1, 0.15) is 5.75 Å². The molecule has 0 aliphatic carbocycles. The molecular weight excluding hydrogens is 483 g/mol. The summed E-state index contributed by atoms with van der Waals surface area (Å²) in [6, 6.07) is 6.26. The number of carbonyl (C=O) groups is 1. The van der Waals surface area contributed by atoms with Gasteiger partial charge in [-0.3, -0.25) is 9.69 Å². The molecule has 2 aliphatic heterocycles. The molecule has 0 spiro atoms. The van der Waals surface area contributed by atoms with Crippen molar-refractivity contribution in [1.29, 1.82) is 0 Å². The van der Waals surface area contributed by atoms with Crippen molar-refractivity contribution in [3.8, 4) is 17.0 Å². The van der Waals surface area contributed by atoms with Crippen molar-refractivity contribution in [2.24, 2.45) is 0 Å². The number of amides is 1. The van der Waals surface area contributed by atoms with Crippen molar-refractivity contribution < 1.29 is 22.7 Å². The van der Waals surface area contributed by atoms with Crippen molar-refractivity contribution in [2.75, 3.05) is 38.1 Å². The van der Waals surface area contributed by atoms with Gasteiger partial charge in [0.25, 0.3) is 5.91 Å². The minimum Gasteiger partial charge on any atom is -0.479 e. The summed E-state index contributed by atoms with van der Waals surface area (Å²) in [5, 5.41) is 3.26. The molecule has 3 aromatic rings. The summed E-state index contributed by atoms with van der Waals surface area (Å²) < 4.78 is 48.0. The number of pyridine rings is 1. The maximum absolute atomic E-state index is 13.6. The van der Waals surface area contributed by atoms with E-state index < -0.39 is 17.8 Å². The first-order valence-corrected chi connectivity index (χ1v) is 11.8. The van der Waals surface area contributed by atoms with Crippen LogP contribution in [0.15, 0.2) is 30.5 Å². The Kier molecular flexibility index (Phi) is 6.14. The number of fused-ring (bicyclic) bond motifs is 2. The third-order valence-corrected chi connectivity index (χ3v) is 6.76. The molecule has 1 N–H and O–H groups in total. The van der Waals surface area contributed by atoms with E-state index in [-0.39, 0.29) is 16.6 Å². The molecule has 1 unspecified atom stereocenters. The van der Waals surface area contributed by atoms with E-state index in [4.69, 9.17) is 16.3 Å². The van der Waals surface area contributed by atoms with Crippen molar-refractivity contribution in [3.63, 3.8) is 0 Å². The summed E-state index contributed by atoms with van der Waals surface area (Å²) in [4.78, 5) is 20.9. The monoisotopic (exact) mass is 507 g/mol. The average molecular weight is 508 g/mol. The Morgan fingerprint density at radius 3 is 2.80 bits per heavy atom. The molecule has 0 saturated carbocycles. The molecule has 2 aliphatic rings. The largest absolute Gasteiger partial charge is 0.479 e. The van der Waals surface area contributed by atoms with E-state index in [9.17, 15) is 18.0 Å². The zero-order valence-corrected chi connectivity index (χ0v) is 20.1. The van der Waals surface area contributed by atoms with Gasteiger partial charge in [-0.2, -0.15) is 13.2 Å². The number of benzene rings is 1. The third kappa shape index (κ3) is 4.46. The standard InChI is InChI=1S/C24H25ClF3N5O2/c1-14-23(34)31(2)18-10-15(4-5-20(18)35-14)21-19(13-32-8-3-6-29-7-9-32)33-12-16(24(26,27)28)11-17(25)22(33)30-21/h4-5,10-12,14,29H,3,6-9,13H2,1-2H3. The number of nitrogens with zero attached hydrogens (tertiary/aromatic N) is 4. The molecule has 1 fully saturated rings. The highest BCUT2D eigenvalue weighted by atomic mass is 35.5. The van der Waals surface area contributed by atoms with E-state index in [1.54, 1.807) is 26.1 Å². The van der Waals surface area contributed by atoms with Crippen LogP contribution in [0.25, 0.3) is 16.9 Å². The van der Waals surface area contributed by atoms with Gasteiger partial charge < -0.3 is 19.4 Å². The van der Waals surface area contributed by atoms with Crippen molar-refractivity contribution in [1.82, 2.24) is 19.6 Å². The number of carbonyl (C=O) groups excluding carboxylic acids is 1. The van der Waals surface area contributed by atoms with E-state index >= 15 is 0 Å². The van der Waals surface area contributed by atoms with Crippen LogP contribution < -0.4 is 15.0 Å².